The predicted molar refractivity (Wildman–Crippen MR) is 51.6 cm³/mol. The Morgan fingerprint density at radius 1 is 1.50 bits per heavy atom. The molecule has 1 heterocycles. The summed E-state index contributed by atoms with van der Waals surface area (Å²) in [7, 11) is 0. The standard InChI is InChI=1S/C9H10FN3O/c10-6-2-1-3-7-8(6)12-9(14)13(7)5-4-11/h1-3H,4-5,11H2,(H,12,14). The molecule has 1 aromatic carbocycles. The van der Waals surface area contributed by atoms with Gasteiger partial charge in [-0.1, -0.05) is 6.07 Å². The van der Waals surface area contributed by atoms with Crippen molar-refractivity contribution < 1.29 is 4.39 Å². The quantitative estimate of drug-likeness (QED) is 0.729. The Labute approximate surface area is 79.1 Å². The molecule has 1 aromatic heterocycles. The van der Waals surface area contributed by atoms with Gasteiger partial charge in [-0.05, 0) is 12.1 Å². The normalized spacial score (nSPS) is 11.0. The summed E-state index contributed by atoms with van der Waals surface area (Å²) >= 11 is 0. The number of aromatic amines is 1. The molecule has 0 fully saturated rings. The number of fused-ring (bicyclic) bond motifs is 1. The third kappa shape index (κ3) is 1.22. The van der Waals surface area contributed by atoms with Crippen LogP contribution in [0.3, 0.4) is 0 Å². The predicted octanol–water partition coefficient (Wildman–Crippen LogP) is 0.427. The number of benzene rings is 1. The summed E-state index contributed by atoms with van der Waals surface area (Å²) in [4.78, 5) is 13.8. The van der Waals surface area contributed by atoms with E-state index in [1.807, 2.05) is 0 Å². The Balaban J connectivity index is 2.77. The maximum atomic E-state index is 13.2. The lowest BCUT2D eigenvalue weighted by atomic mass is 10.3. The molecule has 0 bridgehead atoms. The fourth-order valence-electron chi connectivity index (χ4n) is 1.50. The van der Waals surface area contributed by atoms with Crippen molar-refractivity contribution in [2.24, 2.45) is 5.73 Å². The molecule has 0 atom stereocenters. The largest absolute Gasteiger partial charge is 0.329 e. The van der Waals surface area contributed by atoms with Gasteiger partial charge in [-0.2, -0.15) is 0 Å². The molecular formula is C9H10FN3O. The van der Waals surface area contributed by atoms with E-state index in [4.69, 9.17) is 5.73 Å². The van der Waals surface area contributed by atoms with Crippen molar-refractivity contribution in [3.05, 3.63) is 34.5 Å². The van der Waals surface area contributed by atoms with E-state index in [0.717, 1.165) is 0 Å². The topological polar surface area (TPSA) is 63.8 Å². The summed E-state index contributed by atoms with van der Waals surface area (Å²) in [6.07, 6.45) is 0. The van der Waals surface area contributed by atoms with Gasteiger partial charge in [0.1, 0.15) is 11.3 Å². The van der Waals surface area contributed by atoms with Crippen LogP contribution in [-0.4, -0.2) is 16.1 Å². The van der Waals surface area contributed by atoms with Crippen LogP contribution in [0, 0.1) is 5.82 Å². The second kappa shape index (κ2) is 3.26. The SMILES string of the molecule is NCCn1c(=O)[nH]c2c(F)cccc21. The summed E-state index contributed by atoms with van der Waals surface area (Å²) in [6, 6.07) is 4.56. The number of hydrogen-bond acceptors (Lipinski definition) is 2. The van der Waals surface area contributed by atoms with Crippen molar-refractivity contribution in [3.63, 3.8) is 0 Å². The molecule has 2 rings (SSSR count). The smallest absolute Gasteiger partial charge is 0.326 e. The maximum absolute atomic E-state index is 13.2. The molecule has 0 radical (unpaired) electrons. The second-order valence-corrected chi connectivity index (χ2v) is 3.00. The van der Waals surface area contributed by atoms with Gasteiger partial charge in [-0.25, -0.2) is 9.18 Å². The van der Waals surface area contributed by atoms with E-state index in [9.17, 15) is 9.18 Å². The molecule has 14 heavy (non-hydrogen) atoms. The fourth-order valence-corrected chi connectivity index (χ4v) is 1.50. The summed E-state index contributed by atoms with van der Waals surface area (Å²) < 4.78 is 14.6. The third-order valence-corrected chi connectivity index (χ3v) is 2.11. The molecule has 2 aromatic rings. The molecule has 0 saturated heterocycles. The number of rotatable bonds is 2. The third-order valence-electron chi connectivity index (χ3n) is 2.11. The molecule has 4 nitrogen and oxygen atoms in total. The Morgan fingerprint density at radius 3 is 3.00 bits per heavy atom. The van der Waals surface area contributed by atoms with Gasteiger partial charge >= 0.3 is 5.69 Å². The lowest BCUT2D eigenvalue weighted by molar-refractivity contribution is 0.637. The zero-order valence-corrected chi connectivity index (χ0v) is 7.46. The van der Waals surface area contributed by atoms with E-state index in [-0.39, 0.29) is 11.2 Å². The monoisotopic (exact) mass is 195 g/mol. The Kier molecular flexibility index (Phi) is 2.09. The van der Waals surface area contributed by atoms with Gasteiger partial charge in [-0.15, -0.1) is 0 Å². The number of hydrogen-bond donors (Lipinski definition) is 2. The number of nitrogens with one attached hydrogen (secondary N) is 1. The van der Waals surface area contributed by atoms with E-state index < -0.39 is 5.82 Å². The van der Waals surface area contributed by atoms with E-state index in [0.29, 0.717) is 18.6 Å². The minimum atomic E-state index is -0.421. The van der Waals surface area contributed by atoms with Gasteiger partial charge in [0, 0.05) is 13.1 Å². The van der Waals surface area contributed by atoms with Gasteiger partial charge in [0.2, 0.25) is 0 Å². The summed E-state index contributed by atoms with van der Waals surface area (Å²) in [5, 5.41) is 0. The average molecular weight is 195 g/mol. The summed E-state index contributed by atoms with van der Waals surface area (Å²) in [5.74, 6) is -0.421. The molecule has 0 aliphatic carbocycles. The molecule has 0 spiro atoms. The fraction of sp³-hybridized carbons (Fsp3) is 0.222. The minimum absolute atomic E-state index is 0.242. The van der Waals surface area contributed by atoms with Crippen LogP contribution in [-0.2, 0) is 6.54 Å². The Hall–Kier alpha value is -1.62. The molecule has 5 heteroatoms. The summed E-state index contributed by atoms with van der Waals surface area (Å²) in [5.41, 5.74) is 5.82. The Morgan fingerprint density at radius 2 is 2.29 bits per heavy atom. The highest BCUT2D eigenvalue weighted by molar-refractivity contribution is 5.75. The number of nitrogens with two attached hydrogens (primary N) is 1. The van der Waals surface area contributed by atoms with Crippen LogP contribution in [0.5, 0.6) is 0 Å². The van der Waals surface area contributed by atoms with E-state index in [2.05, 4.69) is 4.98 Å². The molecule has 0 unspecified atom stereocenters. The van der Waals surface area contributed by atoms with Gasteiger partial charge in [0.25, 0.3) is 0 Å². The minimum Gasteiger partial charge on any atom is -0.329 e. The van der Waals surface area contributed by atoms with Crippen molar-refractivity contribution in [2.45, 2.75) is 6.54 Å². The molecule has 74 valence electrons. The molecule has 0 aliphatic rings. The highest BCUT2D eigenvalue weighted by Crippen LogP contribution is 2.13. The second-order valence-electron chi connectivity index (χ2n) is 3.00. The van der Waals surface area contributed by atoms with Crippen LogP contribution in [0.4, 0.5) is 4.39 Å². The first-order valence-electron chi connectivity index (χ1n) is 4.31. The number of nitrogens with zero attached hydrogens (tertiary/aromatic N) is 1. The molecule has 0 amide bonds. The van der Waals surface area contributed by atoms with E-state index >= 15 is 0 Å². The number of aromatic nitrogens is 2. The van der Waals surface area contributed by atoms with E-state index in [1.165, 1.54) is 10.6 Å². The first-order valence-corrected chi connectivity index (χ1v) is 4.31. The highest BCUT2D eigenvalue weighted by Gasteiger charge is 2.08. The van der Waals surface area contributed by atoms with Crippen molar-refractivity contribution in [2.75, 3.05) is 6.54 Å². The lowest BCUT2D eigenvalue weighted by Crippen LogP contribution is -2.21. The van der Waals surface area contributed by atoms with Crippen LogP contribution in [0.1, 0.15) is 0 Å². The average Bonchev–Trinajstić information content (AvgIpc) is 2.47. The zero-order valence-electron chi connectivity index (χ0n) is 7.46. The highest BCUT2D eigenvalue weighted by atomic mass is 19.1. The van der Waals surface area contributed by atoms with Crippen LogP contribution < -0.4 is 11.4 Å². The van der Waals surface area contributed by atoms with Crippen molar-refractivity contribution in [1.29, 1.82) is 0 Å². The van der Waals surface area contributed by atoms with Crippen LogP contribution in [0.15, 0.2) is 23.0 Å². The van der Waals surface area contributed by atoms with Crippen LogP contribution in [0.25, 0.3) is 11.0 Å². The zero-order chi connectivity index (χ0) is 10.1. The number of H-pyrrole nitrogens is 1. The van der Waals surface area contributed by atoms with E-state index in [1.54, 1.807) is 12.1 Å². The Bertz CT molecular complexity index is 514. The first-order chi connectivity index (χ1) is 6.74. The molecule has 0 saturated carbocycles. The van der Waals surface area contributed by atoms with Crippen LogP contribution >= 0.6 is 0 Å². The molecule has 0 aliphatic heterocycles. The molecular weight excluding hydrogens is 185 g/mol. The lowest BCUT2D eigenvalue weighted by Gasteiger charge is -1.99. The van der Waals surface area contributed by atoms with Gasteiger partial charge < -0.3 is 10.7 Å². The van der Waals surface area contributed by atoms with Crippen molar-refractivity contribution in [1.82, 2.24) is 9.55 Å². The number of halogens is 1. The van der Waals surface area contributed by atoms with Crippen molar-refractivity contribution in [3.8, 4) is 0 Å². The van der Waals surface area contributed by atoms with Gasteiger partial charge in [0.05, 0.1) is 5.52 Å². The number of imidazole rings is 1. The molecule has 3 N–H and O–H groups in total. The van der Waals surface area contributed by atoms with Gasteiger partial charge in [0.15, 0.2) is 0 Å². The maximum Gasteiger partial charge on any atom is 0.326 e. The summed E-state index contributed by atoms with van der Waals surface area (Å²) in [6.45, 7) is 0.742. The van der Waals surface area contributed by atoms with Gasteiger partial charge in [-0.3, -0.25) is 4.57 Å². The van der Waals surface area contributed by atoms with Crippen molar-refractivity contribution >= 4 is 11.0 Å². The number of para-hydroxylation sites is 1. The van der Waals surface area contributed by atoms with Crippen LogP contribution in [0.2, 0.25) is 0 Å². The first kappa shape index (κ1) is 8.96.